The van der Waals surface area contributed by atoms with Gasteiger partial charge in [-0.2, -0.15) is 0 Å². The van der Waals surface area contributed by atoms with Crippen molar-refractivity contribution in [3.63, 3.8) is 0 Å². The highest BCUT2D eigenvalue weighted by Gasteiger charge is 2.17. The van der Waals surface area contributed by atoms with Crippen LogP contribution in [0.25, 0.3) is 0 Å². The maximum atomic E-state index is 12.1. The van der Waals surface area contributed by atoms with Gasteiger partial charge in [-0.1, -0.05) is 48.5 Å². The Morgan fingerprint density at radius 3 is 2.14 bits per heavy atom. The summed E-state index contributed by atoms with van der Waals surface area (Å²) in [4.78, 5) is 16.7. The lowest BCUT2D eigenvalue weighted by molar-refractivity contribution is 0.261. The Bertz CT molecular complexity index is 649. The largest absolute Gasteiger partial charge is 0.366 e. The second kappa shape index (κ2) is 7.23. The lowest BCUT2D eigenvalue weighted by Gasteiger charge is -2.35. The summed E-state index contributed by atoms with van der Waals surface area (Å²) in [6, 6.07) is 19.9. The van der Waals surface area contributed by atoms with Gasteiger partial charge in [-0.05, 0) is 24.1 Å². The van der Waals surface area contributed by atoms with E-state index in [9.17, 15) is 4.79 Å². The van der Waals surface area contributed by atoms with Gasteiger partial charge in [0, 0.05) is 32.7 Å². The van der Waals surface area contributed by atoms with Gasteiger partial charge in [0.2, 0.25) is 5.43 Å². The molecule has 1 saturated heterocycles. The quantitative estimate of drug-likeness (QED) is 0.865. The molecule has 0 radical (unpaired) electrons. The molecule has 0 bridgehead atoms. The molecule has 0 amide bonds. The zero-order valence-electron chi connectivity index (χ0n) is 12.8. The Morgan fingerprint density at radius 1 is 0.773 bits per heavy atom. The summed E-state index contributed by atoms with van der Waals surface area (Å²) in [5, 5.41) is 0. The van der Waals surface area contributed by atoms with E-state index in [1.54, 1.807) is 6.07 Å². The fraction of sp³-hybridized carbons (Fsp3) is 0.316. The minimum Gasteiger partial charge on any atom is -0.366 e. The summed E-state index contributed by atoms with van der Waals surface area (Å²) in [6.07, 6.45) is 1.09. The molecule has 0 aromatic heterocycles. The molecule has 0 spiro atoms. The number of rotatable bonds is 4. The molecule has 114 valence electrons. The zero-order valence-corrected chi connectivity index (χ0v) is 12.8. The molecule has 3 nitrogen and oxygen atoms in total. The molecule has 2 aromatic carbocycles. The van der Waals surface area contributed by atoms with Gasteiger partial charge in [-0.25, -0.2) is 0 Å². The van der Waals surface area contributed by atoms with E-state index in [1.807, 2.05) is 24.3 Å². The van der Waals surface area contributed by atoms with Gasteiger partial charge in [0.05, 0.1) is 5.69 Å². The maximum absolute atomic E-state index is 12.1. The van der Waals surface area contributed by atoms with E-state index in [4.69, 9.17) is 0 Å². The molecule has 0 saturated carbocycles. The van der Waals surface area contributed by atoms with Crippen LogP contribution < -0.4 is 10.3 Å². The van der Waals surface area contributed by atoms with Gasteiger partial charge in [0.15, 0.2) is 0 Å². The number of benzene rings is 1. The molecule has 0 unspecified atom stereocenters. The average molecular weight is 294 g/mol. The molecule has 0 atom stereocenters. The van der Waals surface area contributed by atoms with E-state index in [1.165, 1.54) is 5.56 Å². The Morgan fingerprint density at radius 2 is 1.41 bits per heavy atom. The lowest BCUT2D eigenvalue weighted by Crippen LogP contribution is -2.48. The standard InChI is InChI=1S/C19H22N2O/c22-19-10-6-2-5-9-18(19)21-15-13-20(14-16-21)12-11-17-7-3-1-4-8-17/h1-10H,11-16H2. The Labute approximate surface area is 131 Å². The fourth-order valence-corrected chi connectivity index (χ4v) is 2.93. The van der Waals surface area contributed by atoms with Gasteiger partial charge in [-0.15, -0.1) is 0 Å². The first-order chi connectivity index (χ1) is 10.8. The zero-order chi connectivity index (χ0) is 15.2. The minimum absolute atomic E-state index is 0.114. The molecular weight excluding hydrogens is 272 g/mol. The van der Waals surface area contributed by atoms with Crippen molar-refractivity contribution in [3.8, 4) is 0 Å². The van der Waals surface area contributed by atoms with Crippen molar-refractivity contribution in [3.05, 3.63) is 76.5 Å². The van der Waals surface area contributed by atoms with Crippen LogP contribution in [0.15, 0.2) is 65.5 Å². The van der Waals surface area contributed by atoms with Gasteiger partial charge in [0.1, 0.15) is 0 Å². The lowest BCUT2D eigenvalue weighted by atomic mass is 10.1. The topological polar surface area (TPSA) is 23.6 Å². The highest BCUT2D eigenvalue weighted by molar-refractivity contribution is 5.45. The molecule has 22 heavy (non-hydrogen) atoms. The van der Waals surface area contributed by atoms with Gasteiger partial charge in [-0.3, -0.25) is 9.69 Å². The van der Waals surface area contributed by atoms with Crippen molar-refractivity contribution < 1.29 is 0 Å². The first-order valence-corrected chi connectivity index (χ1v) is 7.93. The number of hydrogen-bond donors (Lipinski definition) is 0. The first kappa shape index (κ1) is 14.8. The van der Waals surface area contributed by atoms with Crippen molar-refractivity contribution in [2.75, 3.05) is 37.6 Å². The Balaban J connectivity index is 1.54. The predicted molar refractivity (Wildman–Crippen MR) is 91.5 cm³/mol. The van der Waals surface area contributed by atoms with Crippen LogP contribution in [0.1, 0.15) is 5.56 Å². The van der Waals surface area contributed by atoms with Crippen molar-refractivity contribution in [1.82, 2.24) is 4.90 Å². The van der Waals surface area contributed by atoms with Crippen LogP contribution in [0.2, 0.25) is 0 Å². The highest BCUT2D eigenvalue weighted by Crippen LogP contribution is 2.11. The van der Waals surface area contributed by atoms with Crippen molar-refractivity contribution in [1.29, 1.82) is 0 Å². The van der Waals surface area contributed by atoms with Crippen molar-refractivity contribution >= 4 is 5.69 Å². The number of nitrogens with zero attached hydrogens (tertiary/aromatic N) is 2. The summed E-state index contributed by atoms with van der Waals surface area (Å²) < 4.78 is 0. The van der Waals surface area contributed by atoms with Crippen LogP contribution >= 0.6 is 0 Å². The SMILES string of the molecule is O=c1cccccc1N1CCN(CCc2ccccc2)CC1. The van der Waals surface area contributed by atoms with Crippen molar-refractivity contribution in [2.24, 2.45) is 0 Å². The molecule has 0 aliphatic carbocycles. The number of anilines is 1. The van der Waals surface area contributed by atoms with Crippen LogP contribution in [0.5, 0.6) is 0 Å². The van der Waals surface area contributed by atoms with E-state index < -0.39 is 0 Å². The van der Waals surface area contributed by atoms with Crippen LogP contribution in [-0.4, -0.2) is 37.6 Å². The third kappa shape index (κ3) is 3.74. The van der Waals surface area contributed by atoms with E-state index >= 15 is 0 Å². The number of piperazine rings is 1. The second-order valence-corrected chi connectivity index (χ2v) is 5.72. The van der Waals surface area contributed by atoms with Gasteiger partial charge >= 0.3 is 0 Å². The minimum atomic E-state index is 0.114. The molecule has 1 aliphatic rings. The third-order valence-corrected chi connectivity index (χ3v) is 4.25. The normalized spacial score (nSPS) is 15.7. The smallest absolute Gasteiger partial charge is 0.201 e. The van der Waals surface area contributed by atoms with Gasteiger partial charge in [0.25, 0.3) is 0 Å². The summed E-state index contributed by atoms with van der Waals surface area (Å²) in [7, 11) is 0. The molecule has 1 heterocycles. The summed E-state index contributed by atoms with van der Waals surface area (Å²) in [6.45, 7) is 4.97. The number of hydrogen-bond acceptors (Lipinski definition) is 3. The van der Waals surface area contributed by atoms with Crippen LogP contribution in [-0.2, 0) is 6.42 Å². The monoisotopic (exact) mass is 294 g/mol. The predicted octanol–water partition coefficient (Wildman–Crippen LogP) is 2.41. The average Bonchev–Trinajstić information content (AvgIpc) is 2.79. The van der Waals surface area contributed by atoms with E-state index in [-0.39, 0.29) is 5.43 Å². The van der Waals surface area contributed by atoms with Crippen LogP contribution in [0.3, 0.4) is 0 Å². The van der Waals surface area contributed by atoms with Gasteiger partial charge < -0.3 is 4.90 Å². The van der Waals surface area contributed by atoms with E-state index in [0.29, 0.717) is 0 Å². The molecule has 1 fully saturated rings. The van der Waals surface area contributed by atoms with E-state index in [0.717, 1.165) is 44.8 Å². The summed E-state index contributed by atoms with van der Waals surface area (Å²) >= 11 is 0. The molecule has 3 rings (SSSR count). The Hall–Kier alpha value is -2.13. The highest BCUT2D eigenvalue weighted by atomic mass is 16.1. The van der Waals surface area contributed by atoms with Crippen LogP contribution in [0, 0.1) is 0 Å². The molecule has 0 N–H and O–H groups in total. The Kier molecular flexibility index (Phi) is 4.86. The third-order valence-electron chi connectivity index (χ3n) is 4.25. The molecular formula is C19H22N2O. The summed E-state index contributed by atoms with van der Waals surface area (Å²) in [5.41, 5.74) is 2.33. The second-order valence-electron chi connectivity index (χ2n) is 5.72. The fourth-order valence-electron chi connectivity index (χ4n) is 2.93. The van der Waals surface area contributed by atoms with Crippen LogP contribution in [0.4, 0.5) is 5.69 Å². The van der Waals surface area contributed by atoms with Crippen molar-refractivity contribution in [2.45, 2.75) is 6.42 Å². The molecule has 1 aliphatic heterocycles. The maximum Gasteiger partial charge on any atom is 0.201 e. The molecule has 3 heteroatoms. The summed E-state index contributed by atoms with van der Waals surface area (Å²) in [5.74, 6) is 0. The van der Waals surface area contributed by atoms with E-state index in [2.05, 4.69) is 40.1 Å². The molecule has 2 aromatic rings. The first-order valence-electron chi connectivity index (χ1n) is 7.93.